The van der Waals surface area contributed by atoms with Crippen LogP contribution in [0.15, 0.2) is 52.9 Å². The molecule has 1 unspecified atom stereocenters. The molecule has 0 radical (unpaired) electrons. The van der Waals surface area contributed by atoms with Crippen molar-refractivity contribution < 1.29 is 4.21 Å². The van der Waals surface area contributed by atoms with Gasteiger partial charge in [-0.15, -0.1) is 6.58 Å². The summed E-state index contributed by atoms with van der Waals surface area (Å²) in [6.07, 6.45) is 1.77. The number of hydrogen-bond donors (Lipinski definition) is 2. The van der Waals surface area contributed by atoms with Gasteiger partial charge in [-0.1, -0.05) is 24.3 Å². The zero-order chi connectivity index (χ0) is 13.9. The zero-order valence-corrected chi connectivity index (χ0v) is 12.1. The molecule has 0 aromatic heterocycles. The van der Waals surface area contributed by atoms with Crippen molar-refractivity contribution >= 4 is 16.8 Å². The summed E-state index contributed by atoms with van der Waals surface area (Å²) in [5, 5.41) is 6.23. The Labute approximate surface area is 117 Å². The maximum absolute atomic E-state index is 12.0. The van der Waals surface area contributed by atoms with Crippen LogP contribution in [0.4, 0.5) is 0 Å². The highest BCUT2D eigenvalue weighted by Crippen LogP contribution is 2.04. The van der Waals surface area contributed by atoms with E-state index in [1.807, 2.05) is 37.3 Å². The minimum atomic E-state index is -0.992. The molecule has 4 nitrogen and oxygen atoms in total. The van der Waals surface area contributed by atoms with E-state index in [9.17, 15) is 4.21 Å². The Morgan fingerprint density at radius 3 is 2.74 bits per heavy atom. The van der Waals surface area contributed by atoms with Crippen LogP contribution >= 0.6 is 0 Å². The lowest BCUT2D eigenvalue weighted by Gasteiger charge is -2.09. The van der Waals surface area contributed by atoms with E-state index in [2.05, 4.69) is 22.2 Å². The van der Waals surface area contributed by atoms with E-state index in [-0.39, 0.29) is 0 Å². The first kappa shape index (κ1) is 15.4. The second-order valence-electron chi connectivity index (χ2n) is 3.79. The molecule has 5 heteroatoms. The van der Waals surface area contributed by atoms with Crippen LogP contribution in [0.25, 0.3) is 0 Å². The summed E-state index contributed by atoms with van der Waals surface area (Å²) in [5.74, 6) is 1.25. The molecule has 0 aliphatic heterocycles. The van der Waals surface area contributed by atoms with Crippen LogP contribution < -0.4 is 10.6 Å². The van der Waals surface area contributed by atoms with Crippen molar-refractivity contribution in [2.24, 2.45) is 4.99 Å². The van der Waals surface area contributed by atoms with E-state index in [1.54, 1.807) is 6.08 Å². The fourth-order valence-electron chi connectivity index (χ4n) is 1.44. The highest BCUT2D eigenvalue weighted by atomic mass is 32.2. The van der Waals surface area contributed by atoms with Crippen LogP contribution in [0.1, 0.15) is 6.92 Å². The summed E-state index contributed by atoms with van der Waals surface area (Å²) in [4.78, 5) is 5.22. The van der Waals surface area contributed by atoms with E-state index in [0.29, 0.717) is 18.8 Å². The molecule has 1 aromatic carbocycles. The first-order valence-corrected chi connectivity index (χ1v) is 7.66. The Hall–Kier alpha value is -1.62. The van der Waals surface area contributed by atoms with E-state index >= 15 is 0 Å². The van der Waals surface area contributed by atoms with Gasteiger partial charge in [0, 0.05) is 23.7 Å². The number of hydrogen-bond acceptors (Lipinski definition) is 2. The zero-order valence-electron chi connectivity index (χ0n) is 11.3. The highest BCUT2D eigenvalue weighted by molar-refractivity contribution is 7.85. The molecule has 0 saturated carbocycles. The van der Waals surface area contributed by atoms with Crippen molar-refractivity contribution in [1.82, 2.24) is 10.6 Å². The molecule has 104 valence electrons. The van der Waals surface area contributed by atoms with E-state index in [0.717, 1.165) is 17.4 Å². The number of benzene rings is 1. The normalized spacial score (nSPS) is 12.8. The van der Waals surface area contributed by atoms with E-state index < -0.39 is 10.8 Å². The van der Waals surface area contributed by atoms with Gasteiger partial charge in [-0.2, -0.15) is 0 Å². The van der Waals surface area contributed by atoms with Gasteiger partial charge >= 0.3 is 0 Å². The average molecular weight is 279 g/mol. The summed E-state index contributed by atoms with van der Waals surface area (Å²) in [6.45, 7) is 7.63. The number of nitrogens with one attached hydrogen (secondary N) is 2. The van der Waals surface area contributed by atoms with Crippen LogP contribution in [0.2, 0.25) is 0 Å². The Balaban J connectivity index is 2.45. The highest BCUT2D eigenvalue weighted by Gasteiger charge is 2.02. The van der Waals surface area contributed by atoms with Crippen molar-refractivity contribution in [3.8, 4) is 0 Å². The van der Waals surface area contributed by atoms with Gasteiger partial charge in [0.25, 0.3) is 0 Å². The number of rotatable bonds is 7. The lowest BCUT2D eigenvalue weighted by Crippen LogP contribution is -2.37. The molecule has 0 bridgehead atoms. The predicted octanol–water partition coefficient (Wildman–Crippen LogP) is 1.54. The molecule has 0 aliphatic rings. The van der Waals surface area contributed by atoms with Gasteiger partial charge in [-0.3, -0.25) is 9.20 Å². The number of nitrogens with zero attached hydrogens (tertiary/aromatic N) is 1. The predicted molar refractivity (Wildman–Crippen MR) is 81.9 cm³/mol. The van der Waals surface area contributed by atoms with Crippen molar-refractivity contribution in [3.05, 3.63) is 43.0 Å². The van der Waals surface area contributed by atoms with Crippen molar-refractivity contribution in [1.29, 1.82) is 0 Å². The minimum absolute atomic E-state index is 0.522. The molecule has 1 aromatic rings. The molecule has 0 spiro atoms. The van der Waals surface area contributed by atoms with Crippen LogP contribution in [-0.2, 0) is 10.8 Å². The Bertz CT molecular complexity index is 432. The van der Waals surface area contributed by atoms with Gasteiger partial charge in [-0.25, -0.2) is 0 Å². The van der Waals surface area contributed by atoms with Crippen LogP contribution in [-0.4, -0.2) is 35.6 Å². The average Bonchev–Trinajstić information content (AvgIpc) is 2.45. The quantitative estimate of drug-likeness (QED) is 0.452. The first-order chi connectivity index (χ1) is 9.27. The third-order valence-corrected chi connectivity index (χ3v) is 3.66. The maximum Gasteiger partial charge on any atom is 0.191 e. The topological polar surface area (TPSA) is 53.5 Å². The molecule has 1 atom stereocenters. The fourth-order valence-corrected chi connectivity index (χ4v) is 2.39. The van der Waals surface area contributed by atoms with Gasteiger partial charge in [0.15, 0.2) is 5.96 Å². The summed E-state index contributed by atoms with van der Waals surface area (Å²) < 4.78 is 12.0. The Kier molecular flexibility index (Phi) is 7.58. The third kappa shape index (κ3) is 6.20. The van der Waals surface area contributed by atoms with Crippen LogP contribution in [0.3, 0.4) is 0 Å². The van der Waals surface area contributed by atoms with Crippen molar-refractivity contribution in [3.63, 3.8) is 0 Å². The van der Waals surface area contributed by atoms with Crippen LogP contribution in [0.5, 0.6) is 0 Å². The number of aliphatic imine (C=N–C) groups is 1. The molecule has 2 N–H and O–H groups in total. The summed E-state index contributed by atoms with van der Waals surface area (Å²) >= 11 is 0. The fraction of sp³-hybridized carbons (Fsp3) is 0.357. The summed E-state index contributed by atoms with van der Waals surface area (Å²) in [5.41, 5.74) is 0. The lowest BCUT2D eigenvalue weighted by molar-refractivity contribution is 0.682. The molecule has 0 fully saturated rings. The van der Waals surface area contributed by atoms with Gasteiger partial charge in [0.05, 0.1) is 17.3 Å². The van der Waals surface area contributed by atoms with Gasteiger partial charge in [0.1, 0.15) is 0 Å². The molecule has 0 aliphatic carbocycles. The second kappa shape index (κ2) is 9.33. The van der Waals surface area contributed by atoms with E-state index in [4.69, 9.17) is 0 Å². The molecule has 1 rings (SSSR count). The van der Waals surface area contributed by atoms with E-state index in [1.165, 1.54) is 0 Å². The summed E-state index contributed by atoms with van der Waals surface area (Å²) in [6, 6.07) is 9.46. The summed E-state index contributed by atoms with van der Waals surface area (Å²) in [7, 11) is -0.992. The maximum atomic E-state index is 12.0. The van der Waals surface area contributed by atoms with Crippen LogP contribution in [0, 0.1) is 0 Å². The molecule has 0 saturated heterocycles. The lowest BCUT2D eigenvalue weighted by atomic mass is 10.4. The monoisotopic (exact) mass is 279 g/mol. The smallest absolute Gasteiger partial charge is 0.191 e. The Morgan fingerprint density at radius 1 is 1.37 bits per heavy atom. The van der Waals surface area contributed by atoms with Gasteiger partial charge in [-0.05, 0) is 19.1 Å². The molecule has 0 heterocycles. The third-order valence-electron chi connectivity index (χ3n) is 2.31. The molecular weight excluding hydrogens is 258 g/mol. The standard InChI is InChI=1S/C14H21N3OS/c1-3-10-16-14(15-4-2)17-11-12-19(18)13-8-6-5-7-9-13/h3,5-9H,1,4,10-12H2,2H3,(H2,15,16,17). The van der Waals surface area contributed by atoms with Gasteiger partial charge in [0.2, 0.25) is 0 Å². The molecule has 19 heavy (non-hydrogen) atoms. The molecular formula is C14H21N3OS. The Morgan fingerprint density at radius 2 is 2.11 bits per heavy atom. The first-order valence-electron chi connectivity index (χ1n) is 6.34. The minimum Gasteiger partial charge on any atom is -0.357 e. The SMILES string of the molecule is C=CCNC(=NCCS(=O)c1ccccc1)NCC. The second-order valence-corrected chi connectivity index (χ2v) is 5.36. The van der Waals surface area contributed by atoms with Crippen molar-refractivity contribution in [2.75, 3.05) is 25.4 Å². The molecule has 0 amide bonds. The van der Waals surface area contributed by atoms with Gasteiger partial charge < -0.3 is 10.6 Å². The number of guanidine groups is 1. The van der Waals surface area contributed by atoms with Crippen molar-refractivity contribution in [2.45, 2.75) is 11.8 Å². The largest absolute Gasteiger partial charge is 0.357 e.